The summed E-state index contributed by atoms with van der Waals surface area (Å²) in [5.74, 6) is 0. The van der Waals surface area contributed by atoms with Crippen LogP contribution in [0.4, 0.5) is 5.69 Å². The summed E-state index contributed by atoms with van der Waals surface area (Å²) in [6, 6.07) is 43.3. The van der Waals surface area contributed by atoms with Gasteiger partial charge in [-0.25, -0.2) is 4.21 Å². The highest BCUT2D eigenvalue weighted by atomic mass is 32.2. The summed E-state index contributed by atoms with van der Waals surface area (Å²) >= 11 is 0. The summed E-state index contributed by atoms with van der Waals surface area (Å²) in [5, 5.41) is 5.96. The van der Waals surface area contributed by atoms with Gasteiger partial charge in [-0.05, 0) is 47.4 Å². The summed E-state index contributed by atoms with van der Waals surface area (Å²) < 4.78 is 18.5. The molecule has 0 spiro atoms. The first kappa shape index (κ1) is 21.6. The molecule has 1 unspecified atom stereocenters. The van der Waals surface area contributed by atoms with E-state index in [1.54, 1.807) is 6.26 Å². The molecule has 4 heteroatoms. The van der Waals surface area contributed by atoms with Crippen molar-refractivity contribution in [3.8, 4) is 0 Å². The van der Waals surface area contributed by atoms with Crippen molar-refractivity contribution in [1.82, 2.24) is 0 Å². The third-order valence-corrected chi connectivity index (χ3v) is 9.76. The van der Waals surface area contributed by atoms with Gasteiger partial charge in [0, 0.05) is 16.5 Å². The molecule has 0 fully saturated rings. The minimum Gasteiger partial charge on any atom is -0.245 e. The number of fused-ring (bicyclic) bond motifs is 1. The molecule has 162 valence electrons. The Morgan fingerprint density at radius 2 is 1.12 bits per heavy atom. The van der Waals surface area contributed by atoms with Crippen LogP contribution in [0, 0.1) is 0 Å². The minimum absolute atomic E-state index is 0.743. The number of benzene rings is 5. The third-order valence-electron chi connectivity index (χ3n) is 5.58. The maximum atomic E-state index is 13.7. The van der Waals surface area contributed by atoms with E-state index in [4.69, 9.17) is 4.36 Å². The highest BCUT2D eigenvalue weighted by molar-refractivity contribution is 7.93. The van der Waals surface area contributed by atoms with Crippen molar-refractivity contribution in [2.24, 2.45) is 4.36 Å². The standard InChI is InChI=1S/C29H24NOPS/c1-33(31,26-19-9-4-10-20-26)30-27-21-11-13-23-14-12-22-28(29(23)27)32(24-15-5-2-6-16-24)25-17-7-3-8-18-25/h2-22H,1H3. The second-order valence-corrected chi connectivity index (χ2v) is 12.3. The summed E-state index contributed by atoms with van der Waals surface area (Å²) in [4.78, 5) is 0.743. The van der Waals surface area contributed by atoms with Gasteiger partial charge in [-0.2, -0.15) is 4.36 Å². The van der Waals surface area contributed by atoms with Crippen molar-refractivity contribution in [3.05, 3.63) is 127 Å². The lowest BCUT2D eigenvalue weighted by Crippen LogP contribution is -2.21. The average Bonchev–Trinajstić information content (AvgIpc) is 2.86. The van der Waals surface area contributed by atoms with Gasteiger partial charge in [-0.1, -0.05) is 109 Å². The zero-order valence-electron chi connectivity index (χ0n) is 18.3. The van der Waals surface area contributed by atoms with E-state index in [1.165, 1.54) is 15.9 Å². The van der Waals surface area contributed by atoms with Crippen LogP contribution in [-0.2, 0) is 9.73 Å². The smallest absolute Gasteiger partial charge is 0.0818 e. The molecule has 0 aliphatic carbocycles. The van der Waals surface area contributed by atoms with Gasteiger partial charge in [0.25, 0.3) is 0 Å². The molecule has 0 saturated heterocycles. The molecule has 0 bridgehead atoms. The molecule has 0 amide bonds. The van der Waals surface area contributed by atoms with E-state index in [2.05, 4.69) is 84.9 Å². The van der Waals surface area contributed by atoms with Crippen molar-refractivity contribution in [3.63, 3.8) is 0 Å². The largest absolute Gasteiger partial charge is 0.245 e. The molecule has 0 N–H and O–H groups in total. The molecule has 33 heavy (non-hydrogen) atoms. The Bertz CT molecular complexity index is 1460. The molecule has 0 aliphatic rings. The third kappa shape index (κ3) is 4.48. The predicted molar refractivity (Wildman–Crippen MR) is 144 cm³/mol. The van der Waals surface area contributed by atoms with E-state index in [9.17, 15) is 4.21 Å². The second kappa shape index (κ2) is 9.31. The first-order chi connectivity index (χ1) is 16.1. The van der Waals surface area contributed by atoms with Gasteiger partial charge in [-0.3, -0.25) is 0 Å². The van der Waals surface area contributed by atoms with E-state index in [0.29, 0.717) is 0 Å². The fourth-order valence-electron chi connectivity index (χ4n) is 4.06. The van der Waals surface area contributed by atoms with Crippen LogP contribution in [0.3, 0.4) is 0 Å². The van der Waals surface area contributed by atoms with Crippen LogP contribution in [0.2, 0.25) is 0 Å². The molecule has 0 saturated carbocycles. The van der Waals surface area contributed by atoms with Gasteiger partial charge in [0.1, 0.15) is 0 Å². The highest BCUT2D eigenvalue weighted by Crippen LogP contribution is 2.39. The molecule has 2 nitrogen and oxygen atoms in total. The SMILES string of the molecule is CS(=O)(=Nc1cccc2cccc(P(c3ccccc3)c3ccccc3)c12)c1ccccc1. The molecule has 0 aromatic heterocycles. The van der Waals surface area contributed by atoms with Crippen molar-refractivity contribution in [2.45, 2.75) is 4.90 Å². The maximum absolute atomic E-state index is 13.7. The van der Waals surface area contributed by atoms with Crippen molar-refractivity contribution >= 4 is 50.0 Å². The van der Waals surface area contributed by atoms with E-state index in [0.717, 1.165) is 21.4 Å². The first-order valence-electron chi connectivity index (χ1n) is 10.8. The zero-order chi connectivity index (χ0) is 22.7. The van der Waals surface area contributed by atoms with Crippen molar-refractivity contribution < 1.29 is 4.21 Å². The van der Waals surface area contributed by atoms with Gasteiger partial charge in [0.15, 0.2) is 0 Å². The Balaban J connectivity index is 1.79. The maximum Gasteiger partial charge on any atom is 0.0818 e. The Hall–Kier alpha value is -3.26. The summed E-state index contributed by atoms with van der Waals surface area (Å²) in [7, 11) is -3.40. The highest BCUT2D eigenvalue weighted by Gasteiger charge is 2.20. The lowest BCUT2D eigenvalue weighted by atomic mass is 10.1. The van der Waals surface area contributed by atoms with Crippen LogP contribution in [-0.4, -0.2) is 10.5 Å². The lowest BCUT2D eigenvalue weighted by molar-refractivity contribution is 0.681. The molecule has 5 rings (SSSR count). The predicted octanol–water partition coefficient (Wildman–Crippen LogP) is 6.39. The average molecular weight is 466 g/mol. The van der Waals surface area contributed by atoms with Crippen LogP contribution in [0.1, 0.15) is 0 Å². The van der Waals surface area contributed by atoms with Crippen molar-refractivity contribution in [1.29, 1.82) is 0 Å². The van der Waals surface area contributed by atoms with Crippen LogP contribution in [0.25, 0.3) is 10.8 Å². The second-order valence-electron chi connectivity index (χ2n) is 7.87. The first-order valence-corrected chi connectivity index (χ1v) is 14.1. The van der Waals surface area contributed by atoms with Crippen LogP contribution >= 0.6 is 7.92 Å². The number of rotatable bonds is 5. The van der Waals surface area contributed by atoms with Gasteiger partial charge >= 0.3 is 0 Å². The summed E-state index contributed by atoms with van der Waals surface area (Å²) in [6.45, 7) is 0. The fourth-order valence-corrected chi connectivity index (χ4v) is 7.85. The minimum atomic E-state index is -2.59. The van der Waals surface area contributed by atoms with Crippen LogP contribution in [0.5, 0.6) is 0 Å². The summed E-state index contributed by atoms with van der Waals surface area (Å²) in [6.07, 6.45) is 1.72. The zero-order valence-corrected chi connectivity index (χ0v) is 20.0. The van der Waals surface area contributed by atoms with Gasteiger partial charge in [-0.15, -0.1) is 0 Å². The van der Waals surface area contributed by atoms with Gasteiger partial charge < -0.3 is 0 Å². The lowest BCUT2D eigenvalue weighted by Gasteiger charge is -2.22. The molecule has 5 aromatic carbocycles. The van der Waals surface area contributed by atoms with E-state index in [1.807, 2.05) is 42.5 Å². The normalized spacial score (nSPS) is 13.0. The van der Waals surface area contributed by atoms with E-state index < -0.39 is 17.7 Å². The van der Waals surface area contributed by atoms with E-state index in [-0.39, 0.29) is 0 Å². The summed E-state index contributed by atoms with van der Waals surface area (Å²) in [5.41, 5.74) is 0.777. The molecule has 0 heterocycles. The Kier molecular flexibility index (Phi) is 6.09. The van der Waals surface area contributed by atoms with Crippen molar-refractivity contribution in [2.75, 3.05) is 6.26 Å². The monoisotopic (exact) mass is 465 g/mol. The molecular formula is C29H24NOPS. The Labute approximate surface area is 196 Å². The van der Waals surface area contributed by atoms with E-state index >= 15 is 0 Å². The van der Waals surface area contributed by atoms with Gasteiger partial charge in [0.05, 0.1) is 15.4 Å². The number of hydrogen-bond acceptors (Lipinski definition) is 2. The number of hydrogen-bond donors (Lipinski definition) is 0. The van der Waals surface area contributed by atoms with Crippen LogP contribution < -0.4 is 15.9 Å². The Morgan fingerprint density at radius 3 is 1.70 bits per heavy atom. The number of nitrogens with zero attached hydrogens (tertiary/aromatic N) is 1. The Morgan fingerprint density at radius 1 is 0.606 bits per heavy atom. The molecule has 0 aliphatic heterocycles. The fraction of sp³-hybridized carbons (Fsp3) is 0.0345. The molecular weight excluding hydrogens is 441 g/mol. The quantitative estimate of drug-likeness (QED) is 0.277. The molecule has 1 atom stereocenters. The van der Waals surface area contributed by atoms with Gasteiger partial charge in [0.2, 0.25) is 0 Å². The topological polar surface area (TPSA) is 29.4 Å². The van der Waals surface area contributed by atoms with Crippen LogP contribution in [0.15, 0.2) is 137 Å². The molecule has 0 radical (unpaired) electrons. The molecule has 5 aromatic rings.